The van der Waals surface area contributed by atoms with Gasteiger partial charge in [0.05, 0.1) is 18.5 Å². The lowest BCUT2D eigenvalue weighted by Crippen LogP contribution is -2.82. The quantitative estimate of drug-likeness (QED) is 0.739. The van der Waals surface area contributed by atoms with Gasteiger partial charge in [0, 0.05) is 30.6 Å². The van der Waals surface area contributed by atoms with Gasteiger partial charge in [-0.2, -0.15) is 4.98 Å². The topological polar surface area (TPSA) is 51.1 Å². The van der Waals surface area contributed by atoms with Crippen LogP contribution in [-0.2, 0) is 16.6 Å². The van der Waals surface area contributed by atoms with Crippen molar-refractivity contribution in [3.8, 4) is 0 Å². The number of piperidine rings is 1. The number of aryl methyl sites for hydroxylation is 1. The molecular formula is C24H36ClN3O+2. The first kappa shape index (κ1) is 19.8. The van der Waals surface area contributed by atoms with Crippen molar-refractivity contribution < 1.29 is 15.1 Å². The largest absolute Gasteiger partial charge is 0.345 e. The lowest BCUT2D eigenvalue weighted by molar-refractivity contribution is -0.640. The second kappa shape index (κ2) is 8.19. The van der Waals surface area contributed by atoms with Gasteiger partial charge in [-0.15, -0.1) is 0 Å². The van der Waals surface area contributed by atoms with Gasteiger partial charge in [0.25, 0.3) is 5.15 Å². The van der Waals surface area contributed by atoms with E-state index >= 15 is 0 Å². The number of carbonyl (C=O) groups is 1. The van der Waals surface area contributed by atoms with E-state index in [1.54, 1.807) is 0 Å². The van der Waals surface area contributed by atoms with Crippen LogP contribution in [0.5, 0.6) is 0 Å². The Morgan fingerprint density at radius 1 is 1.10 bits per heavy atom. The molecule has 2 saturated heterocycles. The Morgan fingerprint density at radius 2 is 1.93 bits per heavy atom. The molecule has 3 N–H and O–H groups in total. The van der Waals surface area contributed by atoms with Crippen molar-refractivity contribution in [2.45, 2.75) is 82.1 Å². The molecule has 1 saturated carbocycles. The Hall–Kier alpha value is -1.13. The lowest BCUT2D eigenvalue weighted by atomic mass is 9.65. The highest BCUT2D eigenvalue weighted by Crippen LogP contribution is 2.44. The van der Waals surface area contributed by atoms with E-state index in [-0.39, 0.29) is 11.3 Å². The Balaban J connectivity index is 1.44. The molecule has 4 aliphatic rings. The molecule has 0 radical (unpaired) electrons. The highest BCUT2D eigenvalue weighted by Gasteiger charge is 2.56. The Labute approximate surface area is 179 Å². The molecular weight excluding hydrogens is 382 g/mol. The van der Waals surface area contributed by atoms with Crippen LogP contribution in [0.3, 0.4) is 0 Å². The van der Waals surface area contributed by atoms with Crippen LogP contribution in [0.15, 0.2) is 12.1 Å². The minimum atomic E-state index is -0.0136. The van der Waals surface area contributed by atoms with Crippen LogP contribution < -0.4 is 10.3 Å². The minimum absolute atomic E-state index is 0.0136. The summed E-state index contributed by atoms with van der Waals surface area (Å²) < 4.78 is 0. The number of likely N-dealkylation sites (tertiary alicyclic amines) is 1. The zero-order valence-electron chi connectivity index (χ0n) is 17.6. The summed E-state index contributed by atoms with van der Waals surface area (Å²) in [6.07, 6.45) is 13.8. The Bertz CT molecular complexity index is 762. The maximum absolute atomic E-state index is 14.1. The third-order valence-corrected chi connectivity index (χ3v) is 8.70. The number of aromatic amines is 1. The molecule has 0 aromatic carbocycles. The number of quaternary nitrogens is 1. The van der Waals surface area contributed by atoms with Gasteiger partial charge >= 0.3 is 0 Å². The predicted molar refractivity (Wildman–Crippen MR) is 114 cm³/mol. The van der Waals surface area contributed by atoms with E-state index in [0.29, 0.717) is 17.1 Å². The molecule has 2 aliphatic heterocycles. The van der Waals surface area contributed by atoms with Crippen LogP contribution >= 0.6 is 11.6 Å². The molecule has 1 amide bonds. The van der Waals surface area contributed by atoms with Crippen molar-refractivity contribution >= 4 is 17.5 Å². The van der Waals surface area contributed by atoms with E-state index in [1.807, 2.05) is 6.07 Å². The molecule has 4 nitrogen and oxygen atoms in total. The number of nitrogens with two attached hydrogens (primary N) is 1. The third kappa shape index (κ3) is 3.50. The van der Waals surface area contributed by atoms with E-state index in [0.717, 1.165) is 44.8 Å². The fourth-order valence-corrected chi connectivity index (χ4v) is 7.29. The summed E-state index contributed by atoms with van der Waals surface area (Å²) >= 11 is 6.26. The van der Waals surface area contributed by atoms with E-state index in [2.05, 4.69) is 21.3 Å². The highest BCUT2D eigenvalue weighted by atomic mass is 35.5. The maximum atomic E-state index is 14.1. The number of aromatic nitrogens is 1. The molecule has 158 valence electrons. The zero-order valence-corrected chi connectivity index (χ0v) is 18.4. The van der Waals surface area contributed by atoms with E-state index in [9.17, 15) is 4.79 Å². The molecule has 3 fully saturated rings. The first-order valence-electron chi connectivity index (χ1n) is 12.0. The molecule has 1 unspecified atom stereocenters. The Morgan fingerprint density at radius 3 is 2.79 bits per heavy atom. The maximum Gasteiger partial charge on any atom is 0.273 e. The van der Waals surface area contributed by atoms with E-state index < -0.39 is 0 Å². The van der Waals surface area contributed by atoms with Crippen molar-refractivity contribution in [2.75, 3.05) is 19.6 Å². The predicted octanol–water partition coefficient (Wildman–Crippen LogP) is 2.88. The summed E-state index contributed by atoms with van der Waals surface area (Å²) in [6, 6.07) is 4.69. The van der Waals surface area contributed by atoms with Crippen molar-refractivity contribution in [1.29, 1.82) is 0 Å². The third-order valence-electron chi connectivity index (χ3n) is 8.48. The number of hydrogen-bond donors (Lipinski definition) is 1. The van der Waals surface area contributed by atoms with Gasteiger partial charge in [0.2, 0.25) is 5.91 Å². The smallest absolute Gasteiger partial charge is 0.273 e. The second-order valence-electron chi connectivity index (χ2n) is 9.98. The van der Waals surface area contributed by atoms with Crippen LogP contribution in [0.2, 0.25) is 5.15 Å². The van der Waals surface area contributed by atoms with Gasteiger partial charge in [-0.05, 0) is 68.5 Å². The number of nitrogens with one attached hydrogen (secondary N) is 1. The van der Waals surface area contributed by atoms with Crippen molar-refractivity contribution in [2.24, 2.45) is 11.8 Å². The molecule has 29 heavy (non-hydrogen) atoms. The molecule has 1 aromatic rings. The average molecular weight is 418 g/mol. The molecule has 3 atom stereocenters. The monoisotopic (exact) mass is 417 g/mol. The number of amides is 1. The Kier molecular flexibility index (Phi) is 5.59. The molecule has 5 heteroatoms. The lowest BCUT2D eigenvalue weighted by Gasteiger charge is -2.45. The molecule has 1 aromatic heterocycles. The van der Waals surface area contributed by atoms with E-state index in [4.69, 9.17) is 11.6 Å². The summed E-state index contributed by atoms with van der Waals surface area (Å²) in [7, 11) is 0. The van der Waals surface area contributed by atoms with Crippen molar-refractivity contribution in [3.63, 3.8) is 0 Å². The summed E-state index contributed by atoms with van der Waals surface area (Å²) in [5.74, 6) is 1.30. The SMILES string of the molecule is O=C([C@@H]1C[NH2+]C[C@]12CCCc1[nH+]c(Cl)ccc12)N1CCCCC1C1CCCCC1. The minimum Gasteiger partial charge on any atom is -0.345 e. The second-order valence-corrected chi connectivity index (χ2v) is 10.4. The number of H-pyrrole nitrogens is 1. The summed E-state index contributed by atoms with van der Waals surface area (Å²) in [6.45, 7) is 2.95. The summed E-state index contributed by atoms with van der Waals surface area (Å²) in [5, 5.41) is 3.10. The van der Waals surface area contributed by atoms with Crippen molar-refractivity contribution in [1.82, 2.24) is 4.90 Å². The zero-order chi connectivity index (χ0) is 19.8. The average Bonchev–Trinajstić information content (AvgIpc) is 3.17. The number of carbonyl (C=O) groups excluding carboxylic acids is 1. The summed E-state index contributed by atoms with van der Waals surface area (Å²) in [5.41, 5.74) is 2.62. The molecule has 0 bridgehead atoms. The number of pyridine rings is 1. The molecule has 2 aliphatic carbocycles. The number of fused-ring (bicyclic) bond motifs is 2. The normalized spacial score (nSPS) is 33.1. The van der Waals surface area contributed by atoms with Crippen LogP contribution in [0.25, 0.3) is 0 Å². The van der Waals surface area contributed by atoms with Crippen LogP contribution in [0.1, 0.15) is 75.5 Å². The molecule has 5 rings (SSSR count). The first-order valence-corrected chi connectivity index (χ1v) is 12.4. The van der Waals surface area contributed by atoms with Gasteiger partial charge in [0.15, 0.2) is 5.69 Å². The molecule has 1 spiro atoms. The van der Waals surface area contributed by atoms with Gasteiger partial charge in [-0.1, -0.05) is 19.3 Å². The number of halogens is 1. The fourth-order valence-electron chi connectivity index (χ4n) is 7.12. The highest BCUT2D eigenvalue weighted by molar-refractivity contribution is 6.28. The van der Waals surface area contributed by atoms with Gasteiger partial charge < -0.3 is 10.2 Å². The number of nitrogens with zero attached hydrogens (tertiary/aromatic N) is 1. The van der Waals surface area contributed by atoms with Crippen LogP contribution in [0.4, 0.5) is 0 Å². The summed E-state index contributed by atoms with van der Waals surface area (Å²) in [4.78, 5) is 19.8. The van der Waals surface area contributed by atoms with Crippen molar-refractivity contribution in [3.05, 3.63) is 28.5 Å². The van der Waals surface area contributed by atoms with Crippen LogP contribution in [-0.4, -0.2) is 36.5 Å². The van der Waals surface area contributed by atoms with Gasteiger partial charge in [0.1, 0.15) is 5.92 Å². The fraction of sp³-hybridized carbons (Fsp3) is 0.750. The first-order chi connectivity index (χ1) is 14.2. The molecule has 3 heterocycles. The van der Waals surface area contributed by atoms with E-state index in [1.165, 1.54) is 62.6 Å². The number of rotatable bonds is 2. The number of hydrogen-bond acceptors (Lipinski definition) is 1. The van der Waals surface area contributed by atoms with Gasteiger partial charge in [-0.25, -0.2) is 0 Å². The standard InChI is InChI=1S/C24H34ClN3O/c25-22-12-11-18-20(27-22)9-6-13-24(18)16-26-15-19(24)23(29)28-14-5-4-10-21(28)17-7-2-1-3-8-17/h11-12,17,19,21,26H,1-10,13-16H2/p+2/t19-,21?,24-/m0/s1. The van der Waals surface area contributed by atoms with Gasteiger partial charge in [-0.3, -0.25) is 4.79 Å². The van der Waals surface area contributed by atoms with Crippen LogP contribution in [0, 0.1) is 11.8 Å².